The number of carbonyl (C=O) groups is 5. The molecule has 0 heterocycles. The molecule has 2 amide bonds. The first-order valence-corrected chi connectivity index (χ1v) is 14.0. The molecule has 0 aliphatic rings. The van der Waals surface area contributed by atoms with Crippen LogP contribution in [0.15, 0.2) is 60.7 Å². The number of esters is 2. The van der Waals surface area contributed by atoms with Crippen molar-refractivity contribution in [1.82, 2.24) is 10.5 Å². The minimum absolute atomic E-state index is 0.0129. The Morgan fingerprint density at radius 1 is 0.791 bits per heavy atom. The zero-order valence-corrected chi connectivity index (χ0v) is 25.4. The van der Waals surface area contributed by atoms with Crippen molar-refractivity contribution >= 4 is 38.0 Å². The van der Waals surface area contributed by atoms with E-state index in [9.17, 15) is 24.0 Å². The van der Waals surface area contributed by atoms with Gasteiger partial charge in [-0.15, -0.1) is 0 Å². The lowest BCUT2D eigenvalue weighted by atomic mass is 9.83. The van der Waals surface area contributed by atoms with Gasteiger partial charge in [-0.2, -0.15) is 0 Å². The minimum atomic E-state index is -0.739. The summed E-state index contributed by atoms with van der Waals surface area (Å²) in [5, 5.41) is 4.56. The summed E-state index contributed by atoms with van der Waals surface area (Å²) in [7, 11) is 6.76. The van der Waals surface area contributed by atoms with Crippen molar-refractivity contribution in [2.24, 2.45) is 5.92 Å². The first-order chi connectivity index (χ1) is 20.5. The smallest absolute Gasteiger partial charge is 0.343 e. The van der Waals surface area contributed by atoms with Gasteiger partial charge in [0.25, 0.3) is 5.91 Å². The Labute approximate surface area is 253 Å². The Morgan fingerprint density at radius 3 is 1.77 bits per heavy atom. The fraction of sp³-hybridized carbons (Fsp3) is 0.303. The second-order valence-corrected chi connectivity index (χ2v) is 9.91. The lowest BCUT2D eigenvalue weighted by molar-refractivity contribution is 0.0719. The fourth-order valence-electron chi connectivity index (χ4n) is 4.04. The van der Waals surface area contributed by atoms with Crippen LogP contribution in [-0.2, 0) is 0 Å². The van der Waals surface area contributed by atoms with E-state index in [0.717, 1.165) is 6.42 Å². The second kappa shape index (κ2) is 16.7. The highest BCUT2D eigenvalue weighted by molar-refractivity contribution is 6.18. The largest absolute Gasteiger partial charge is 0.423 e. The maximum absolute atomic E-state index is 12.9. The number of amides is 2. The SMILES string of the molecule is CCC.[B]NC(=O)c1ccc(C(=O)Oc2ccc(OC(=O)c3ccc(C=O)c(C(=O)NC)c3)cc2)cc1C(C)C(C)CC. The molecule has 2 radical (unpaired) electrons. The summed E-state index contributed by atoms with van der Waals surface area (Å²) in [6.07, 6.45) is 2.66. The van der Waals surface area contributed by atoms with Crippen molar-refractivity contribution < 1.29 is 33.4 Å². The second-order valence-electron chi connectivity index (χ2n) is 9.91. The Balaban J connectivity index is 0.00000206. The van der Waals surface area contributed by atoms with Crippen molar-refractivity contribution in [3.05, 3.63) is 94.0 Å². The Morgan fingerprint density at radius 2 is 1.30 bits per heavy atom. The summed E-state index contributed by atoms with van der Waals surface area (Å²) < 4.78 is 10.9. The molecular formula is C33H37BN2O7. The van der Waals surface area contributed by atoms with E-state index in [0.29, 0.717) is 17.4 Å². The molecule has 9 nitrogen and oxygen atoms in total. The number of benzene rings is 3. The summed E-state index contributed by atoms with van der Waals surface area (Å²) in [5.74, 6) is -1.70. The number of rotatable bonds is 10. The van der Waals surface area contributed by atoms with Crippen LogP contribution < -0.4 is 20.0 Å². The average Bonchev–Trinajstić information content (AvgIpc) is 3.03. The lowest BCUT2D eigenvalue weighted by Gasteiger charge is -2.22. The summed E-state index contributed by atoms with van der Waals surface area (Å²) in [5.41, 5.74) is 1.61. The van der Waals surface area contributed by atoms with E-state index in [4.69, 9.17) is 17.5 Å². The first-order valence-electron chi connectivity index (χ1n) is 14.0. The van der Waals surface area contributed by atoms with Crippen LogP contribution >= 0.6 is 0 Å². The van der Waals surface area contributed by atoms with Crippen molar-refractivity contribution in [3.63, 3.8) is 0 Å². The third-order valence-corrected chi connectivity index (χ3v) is 6.78. The van der Waals surface area contributed by atoms with E-state index < -0.39 is 23.8 Å². The Hall–Kier alpha value is -4.73. The molecule has 3 aromatic carbocycles. The number of hydrogen-bond acceptors (Lipinski definition) is 7. The number of carbonyl (C=O) groups excluding carboxylic acids is 5. The number of ether oxygens (including phenoxy) is 2. The third kappa shape index (κ3) is 9.13. The zero-order valence-electron chi connectivity index (χ0n) is 25.4. The predicted molar refractivity (Wildman–Crippen MR) is 165 cm³/mol. The van der Waals surface area contributed by atoms with Crippen molar-refractivity contribution in [2.75, 3.05) is 7.05 Å². The molecular weight excluding hydrogens is 547 g/mol. The van der Waals surface area contributed by atoms with Crippen molar-refractivity contribution in [2.45, 2.75) is 53.4 Å². The molecule has 0 aliphatic heterocycles. The molecule has 0 aromatic heterocycles. The summed E-state index contributed by atoms with van der Waals surface area (Å²) in [4.78, 5) is 61.0. The molecule has 2 atom stereocenters. The summed E-state index contributed by atoms with van der Waals surface area (Å²) in [6.45, 7) is 10.4. The van der Waals surface area contributed by atoms with E-state index in [1.165, 1.54) is 62.0 Å². The molecule has 0 saturated heterocycles. The van der Waals surface area contributed by atoms with Crippen LogP contribution in [0, 0.1) is 5.92 Å². The van der Waals surface area contributed by atoms with Gasteiger partial charge in [-0.05, 0) is 72.0 Å². The van der Waals surface area contributed by atoms with Gasteiger partial charge in [-0.25, -0.2) is 9.59 Å². The van der Waals surface area contributed by atoms with Crippen LogP contribution in [0.1, 0.15) is 111 Å². The Kier molecular flexibility index (Phi) is 13.3. The highest BCUT2D eigenvalue weighted by Gasteiger charge is 2.22. The van der Waals surface area contributed by atoms with Crippen LogP contribution in [-0.4, -0.2) is 45.1 Å². The van der Waals surface area contributed by atoms with Gasteiger partial charge in [0.15, 0.2) is 6.29 Å². The van der Waals surface area contributed by atoms with Gasteiger partial charge in [0.1, 0.15) is 11.5 Å². The predicted octanol–water partition coefficient (Wildman–Crippen LogP) is 5.68. The summed E-state index contributed by atoms with van der Waals surface area (Å²) >= 11 is 0. The maximum atomic E-state index is 12.9. The van der Waals surface area contributed by atoms with Crippen LogP contribution in [0.2, 0.25) is 0 Å². The van der Waals surface area contributed by atoms with Gasteiger partial charge >= 0.3 is 11.9 Å². The van der Waals surface area contributed by atoms with Gasteiger partial charge in [-0.1, -0.05) is 53.5 Å². The molecule has 0 fully saturated rings. The van der Waals surface area contributed by atoms with Gasteiger partial charge < -0.3 is 20.0 Å². The van der Waals surface area contributed by atoms with Crippen LogP contribution in [0.5, 0.6) is 11.5 Å². The molecule has 3 aromatic rings. The van der Waals surface area contributed by atoms with E-state index in [1.807, 2.05) is 13.8 Å². The van der Waals surface area contributed by atoms with Gasteiger partial charge in [0.2, 0.25) is 13.9 Å². The summed E-state index contributed by atoms with van der Waals surface area (Å²) in [6, 6.07) is 14.5. The quantitative estimate of drug-likeness (QED) is 0.136. The monoisotopic (exact) mass is 584 g/mol. The average molecular weight is 584 g/mol. The van der Waals surface area contributed by atoms with Gasteiger partial charge in [-0.3, -0.25) is 14.4 Å². The van der Waals surface area contributed by atoms with Crippen molar-refractivity contribution in [1.29, 1.82) is 0 Å². The third-order valence-electron chi connectivity index (χ3n) is 6.78. The highest BCUT2D eigenvalue weighted by Crippen LogP contribution is 2.30. The molecule has 43 heavy (non-hydrogen) atoms. The van der Waals surface area contributed by atoms with Crippen LogP contribution in [0.25, 0.3) is 0 Å². The normalized spacial score (nSPS) is 11.6. The molecule has 2 N–H and O–H groups in total. The number of hydrogen-bond donors (Lipinski definition) is 2. The van der Waals surface area contributed by atoms with E-state index in [2.05, 4.69) is 31.3 Å². The zero-order chi connectivity index (χ0) is 32.1. The van der Waals surface area contributed by atoms with Gasteiger partial charge in [0, 0.05) is 18.2 Å². The highest BCUT2D eigenvalue weighted by atomic mass is 16.5. The Bertz CT molecular complexity index is 1450. The van der Waals surface area contributed by atoms with E-state index in [1.54, 1.807) is 12.1 Å². The first kappa shape index (κ1) is 34.5. The number of aldehydes is 1. The minimum Gasteiger partial charge on any atom is -0.423 e. The molecule has 10 heteroatoms. The molecule has 0 spiro atoms. The standard InChI is InChI=1S/C30H29BN2O7.C3H8/c1-5-17(2)18(3)25-14-20(8-13-24(25)28(36)33-31)30(38)40-23-11-9-22(10-12-23)39-29(37)19-6-7-21(16-34)26(15-19)27(35)32-4;1-3-2/h6-18H,5H2,1-4H3,(H,32,35)(H,33,36);3H2,1-2H3. The maximum Gasteiger partial charge on any atom is 0.343 e. The molecule has 0 saturated carbocycles. The van der Waals surface area contributed by atoms with Crippen LogP contribution in [0.3, 0.4) is 0 Å². The van der Waals surface area contributed by atoms with E-state index >= 15 is 0 Å². The molecule has 224 valence electrons. The fourth-order valence-corrected chi connectivity index (χ4v) is 4.04. The van der Waals surface area contributed by atoms with Crippen LogP contribution in [0.4, 0.5) is 0 Å². The lowest BCUT2D eigenvalue weighted by Crippen LogP contribution is -2.23. The molecule has 0 bridgehead atoms. The number of nitrogens with one attached hydrogen (secondary N) is 2. The van der Waals surface area contributed by atoms with Crippen molar-refractivity contribution in [3.8, 4) is 11.5 Å². The topological polar surface area (TPSA) is 128 Å². The molecule has 2 unspecified atom stereocenters. The van der Waals surface area contributed by atoms with Gasteiger partial charge in [0.05, 0.1) is 16.7 Å². The molecule has 3 rings (SSSR count). The molecule has 0 aliphatic carbocycles. The van der Waals surface area contributed by atoms with E-state index in [-0.39, 0.29) is 45.6 Å².